The Hall–Kier alpha value is -3.02. The van der Waals surface area contributed by atoms with E-state index >= 15 is 0 Å². The average Bonchev–Trinajstić information content (AvgIpc) is 3.45. The Balaban J connectivity index is 1.63. The fourth-order valence-corrected chi connectivity index (χ4v) is 2.76. The standard InChI is InChI=1S/C20H21N5O/c1-12(2)20(26)15-11-22-19(9-17(15)23-14-4-5-14)25-18-6-3-13-10-21-8-7-16(13)24-18/h3,6-12,14H,4-5H2,1-2H3,(H2,22,23,24,25). The van der Waals surface area contributed by atoms with Crippen LogP contribution in [0.5, 0.6) is 0 Å². The molecule has 0 aromatic carbocycles. The van der Waals surface area contributed by atoms with Crippen molar-refractivity contribution < 1.29 is 4.79 Å². The molecule has 0 atom stereocenters. The lowest BCUT2D eigenvalue weighted by molar-refractivity contribution is 0.0940. The molecule has 0 bridgehead atoms. The number of hydrogen-bond acceptors (Lipinski definition) is 6. The second kappa shape index (κ2) is 6.71. The van der Waals surface area contributed by atoms with Gasteiger partial charge in [-0.25, -0.2) is 9.97 Å². The lowest BCUT2D eigenvalue weighted by Gasteiger charge is -2.14. The van der Waals surface area contributed by atoms with Crippen molar-refractivity contribution in [1.82, 2.24) is 15.0 Å². The second-order valence-electron chi connectivity index (χ2n) is 6.94. The lowest BCUT2D eigenvalue weighted by Crippen LogP contribution is -2.14. The van der Waals surface area contributed by atoms with Crippen molar-refractivity contribution in [2.45, 2.75) is 32.7 Å². The molecule has 1 aliphatic carbocycles. The van der Waals surface area contributed by atoms with Crippen molar-refractivity contribution in [3.63, 3.8) is 0 Å². The molecule has 1 fully saturated rings. The Morgan fingerprint density at radius 2 is 2.00 bits per heavy atom. The van der Waals surface area contributed by atoms with E-state index in [0.717, 1.165) is 29.4 Å². The summed E-state index contributed by atoms with van der Waals surface area (Å²) in [6, 6.07) is 8.09. The van der Waals surface area contributed by atoms with Crippen molar-refractivity contribution in [2.75, 3.05) is 10.6 Å². The number of nitrogens with one attached hydrogen (secondary N) is 2. The molecule has 4 rings (SSSR count). The summed E-state index contributed by atoms with van der Waals surface area (Å²) in [4.78, 5) is 25.6. The number of pyridine rings is 3. The number of rotatable bonds is 6. The average molecular weight is 347 g/mol. The zero-order valence-corrected chi connectivity index (χ0v) is 14.9. The molecule has 0 radical (unpaired) electrons. The monoisotopic (exact) mass is 347 g/mol. The molecular formula is C20H21N5O. The molecule has 1 aliphatic rings. The van der Waals surface area contributed by atoms with Gasteiger partial charge in [0.2, 0.25) is 0 Å². The molecule has 0 unspecified atom stereocenters. The van der Waals surface area contributed by atoms with E-state index in [4.69, 9.17) is 0 Å². The molecule has 0 aliphatic heterocycles. The van der Waals surface area contributed by atoms with Gasteiger partial charge in [0.05, 0.1) is 16.8 Å². The first-order valence-corrected chi connectivity index (χ1v) is 8.89. The summed E-state index contributed by atoms with van der Waals surface area (Å²) >= 11 is 0. The Labute approximate surface area is 152 Å². The fraction of sp³-hybridized carbons (Fsp3) is 0.300. The molecular weight excluding hydrogens is 326 g/mol. The zero-order chi connectivity index (χ0) is 18.1. The van der Waals surface area contributed by atoms with E-state index in [1.54, 1.807) is 18.6 Å². The van der Waals surface area contributed by atoms with Gasteiger partial charge in [-0.1, -0.05) is 13.8 Å². The number of hydrogen-bond donors (Lipinski definition) is 2. The number of carbonyl (C=O) groups is 1. The van der Waals surface area contributed by atoms with E-state index in [1.807, 2.05) is 38.1 Å². The second-order valence-corrected chi connectivity index (χ2v) is 6.94. The summed E-state index contributed by atoms with van der Waals surface area (Å²) in [7, 11) is 0. The minimum absolute atomic E-state index is 0.0638. The summed E-state index contributed by atoms with van der Waals surface area (Å²) in [6.45, 7) is 3.81. The molecule has 1 saturated carbocycles. The van der Waals surface area contributed by atoms with Gasteiger partial charge in [-0.15, -0.1) is 0 Å². The number of aromatic nitrogens is 3. The van der Waals surface area contributed by atoms with E-state index < -0.39 is 0 Å². The molecule has 3 aromatic rings. The van der Waals surface area contributed by atoms with Gasteiger partial charge < -0.3 is 10.6 Å². The van der Waals surface area contributed by atoms with Crippen LogP contribution in [0.2, 0.25) is 0 Å². The van der Waals surface area contributed by atoms with Crippen molar-refractivity contribution in [1.29, 1.82) is 0 Å². The van der Waals surface area contributed by atoms with Crippen LogP contribution in [-0.2, 0) is 0 Å². The van der Waals surface area contributed by atoms with Crippen LogP contribution in [0.3, 0.4) is 0 Å². The van der Waals surface area contributed by atoms with Gasteiger partial charge in [-0.05, 0) is 31.0 Å². The van der Waals surface area contributed by atoms with Crippen LogP contribution < -0.4 is 10.6 Å². The first kappa shape index (κ1) is 16.4. The third-order valence-electron chi connectivity index (χ3n) is 4.38. The summed E-state index contributed by atoms with van der Waals surface area (Å²) in [5.74, 6) is 1.40. The van der Waals surface area contributed by atoms with Crippen LogP contribution in [0.15, 0.2) is 42.9 Å². The smallest absolute Gasteiger partial charge is 0.169 e. The molecule has 6 heteroatoms. The largest absolute Gasteiger partial charge is 0.382 e. The Kier molecular flexibility index (Phi) is 4.24. The van der Waals surface area contributed by atoms with Crippen LogP contribution in [0.4, 0.5) is 17.3 Å². The number of Topliss-reactive ketones (excluding diaryl/α,β-unsaturated/α-hetero) is 1. The molecule has 132 valence electrons. The lowest BCUT2D eigenvalue weighted by atomic mass is 10.0. The number of anilines is 3. The molecule has 0 saturated heterocycles. The molecule has 3 aromatic heterocycles. The SMILES string of the molecule is CC(C)C(=O)c1cnc(Nc2ccc3cnccc3n2)cc1NC1CC1. The third kappa shape index (κ3) is 3.49. The normalized spacial score (nSPS) is 13.8. The minimum Gasteiger partial charge on any atom is -0.382 e. The van der Waals surface area contributed by atoms with Gasteiger partial charge in [-0.3, -0.25) is 9.78 Å². The molecule has 0 amide bonds. The maximum absolute atomic E-state index is 12.5. The quantitative estimate of drug-likeness (QED) is 0.651. The van der Waals surface area contributed by atoms with Crippen LogP contribution in [0.25, 0.3) is 10.9 Å². The van der Waals surface area contributed by atoms with Crippen molar-refractivity contribution in [2.24, 2.45) is 5.92 Å². The van der Waals surface area contributed by atoms with Crippen molar-refractivity contribution in [3.05, 3.63) is 48.4 Å². The van der Waals surface area contributed by atoms with E-state index in [-0.39, 0.29) is 11.7 Å². The minimum atomic E-state index is -0.0638. The Morgan fingerprint density at radius 1 is 1.15 bits per heavy atom. The topological polar surface area (TPSA) is 79.8 Å². The maximum atomic E-state index is 12.5. The van der Waals surface area contributed by atoms with E-state index in [0.29, 0.717) is 23.2 Å². The summed E-state index contributed by atoms with van der Waals surface area (Å²) in [5, 5.41) is 7.66. The highest BCUT2D eigenvalue weighted by molar-refractivity contribution is 6.02. The number of nitrogens with zero attached hydrogens (tertiary/aromatic N) is 3. The van der Waals surface area contributed by atoms with Gasteiger partial charge in [0.1, 0.15) is 11.6 Å². The molecule has 6 nitrogen and oxygen atoms in total. The Morgan fingerprint density at radius 3 is 2.77 bits per heavy atom. The highest BCUT2D eigenvalue weighted by Crippen LogP contribution is 2.30. The predicted octanol–water partition coefficient (Wildman–Crippen LogP) is 4.18. The van der Waals surface area contributed by atoms with E-state index in [9.17, 15) is 4.79 Å². The van der Waals surface area contributed by atoms with Crippen LogP contribution in [0.1, 0.15) is 37.0 Å². The fourth-order valence-electron chi connectivity index (χ4n) is 2.76. The highest BCUT2D eigenvalue weighted by Gasteiger charge is 2.24. The van der Waals surface area contributed by atoms with Gasteiger partial charge >= 0.3 is 0 Å². The maximum Gasteiger partial charge on any atom is 0.169 e. The van der Waals surface area contributed by atoms with Gasteiger partial charge in [0, 0.05) is 42.0 Å². The summed E-state index contributed by atoms with van der Waals surface area (Å²) < 4.78 is 0. The van der Waals surface area contributed by atoms with Crippen LogP contribution in [-0.4, -0.2) is 26.8 Å². The molecule has 26 heavy (non-hydrogen) atoms. The van der Waals surface area contributed by atoms with Crippen molar-refractivity contribution in [3.8, 4) is 0 Å². The summed E-state index contributed by atoms with van der Waals surface area (Å²) in [6.07, 6.45) is 7.44. The first-order chi connectivity index (χ1) is 12.6. The first-order valence-electron chi connectivity index (χ1n) is 8.89. The number of ketones is 1. The van der Waals surface area contributed by atoms with Crippen LogP contribution in [0, 0.1) is 5.92 Å². The van der Waals surface area contributed by atoms with Gasteiger partial charge in [0.25, 0.3) is 0 Å². The number of fused-ring (bicyclic) bond motifs is 1. The molecule has 0 spiro atoms. The molecule has 3 heterocycles. The summed E-state index contributed by atoms with van der Waals surface area (Å²) in [5.41, 5.74) is 2.36. The Bertz CT molecular complexity index is 965. The van der Waals surface area contributed by atoms with Crippen molar-refractivity contribution >= 4 is 34.0 Å². The number of carbonyl (C=O) groups excluding carboxylic acids is 1. The highest BCUT2D eigenvalue weighted by atomic mass is 16.1. The van der Waals surface area contributed by atoms with E-state index in [1.165, 1.54) is 0 Å². The van der Waals surface area contributed by atoms with E-state index in [2.05, 4.69) is 25.6 Å². The van der Waals surface area contributed by atoms with Gasteiger partial charge in [0.15, 0.2) is 5.78 Å². The van der Waals surface area contributed by atoms with Gasteiger partial charge in [-0.2, -0.15) is 0 Å². The molecule has 2 N–H and O–H groups in total. The van der Waals surface area contributed by atoms with Crippen LogP contribution >= 0.6 is 0 Å². The predicted molar refractivity (Wildman–Crippen MR) is 103 cm³/mol. The third-order valence-corrected chi connectivity index (χ3v) is 4.38. The zero-order valence-electron chi connectivity index (χ0n) is 14.9.